The molecule has 0 N–H and O–H groups in total. The third-order valence-electron chi connectivity index (χ3n) is 16.8. The van der Waals surface area contributed by atoms with Crippen molar-refractivity contribution in [1.29, 1.82) is 0 Å². The zero-order valence-electron chi connectivity index (χ0n) is 42.3. The Morgan fingerprint density at radius 3 is 1.34 bits per heavy atom. The molecule has 0 amide bonds. The first kappa shape index (κ1) is 43.2. The fourth-order valence-electron chi connectivity index (χ4n) is 13.5. The Morgan fingerprint density at radius 1 is 0.303 bits per heavy atom. The van der Waals surface area contributed by atoms with Crippen molar-refractivity contribution in [3.8, 4) is 56.4 Å². The second-order valence-corrected chi connectivity index (χ2v) is 21.1. The zero-order chi connectivity index (χ0) is 49.8. The van der Waals surface area contributed by atoms with Gasteiger partial charge in [-0.25, -0.2) is 4.98 Å². The molecule has 5 heteroatoms. The number of aryl methyl sites for hydroxylation is 1. The van der Waals surface area contributed by atoms with Crippen LogP contribution in [-0.4, -0.2) is 23.3 Å². The van der Waals surface area contributed by atoms with Gasteiger partial charge in [-0.15, -0.1) is 0 Å². The Balaban J connectivity index is 0.986. The highest BCUT2D eigenvalue weighted by molar-refractivity contribution is 6.09. The van der Waals surface area contributed by atoms with E-state index in [9.17, 15) is 0 Å². The minimum Gasteiger partial charge on any atom is -0.313 e. The molecular weight excluding hydrogens is 923 g/mol. The van der Waals surface area contributed by atoms with E-state index in [4.69, 9.17) is 4.98 Å². The quantitative estimate of drug-likeness (QED) is 0.157. The van der Waals surface area contributed by atoms with Crippen molar-refractivity contribution in [2.75, 3.05) is 0 Å². The average Bonchev–Trinajstić information content (AvgIpc) is 4.28. The van der Waals surface area contributed by atoms with Crippen molar-refractivity contribution in [3.05, 3.63) is 245 Å². The van der Waals surface area contributed by atoms with Crippen molar-refractivity contribution in [2.24, 2.45) is 0 Å². The molecule has 16 rings (SSSR count). The standard InChI is InChI=1S/C71H53N5/c1-2-20-46(21-3-1)47-42-62(48-38-50(73-64-30-12-4-22-54(64)55-23-5-13-31-65(55)73)44-51(39-48)74-66-32-14-6-24-56(66)57-25-7-15-33-67(57)74)72-63(43-47)49-40-52(75-68-34-16-8-26-58(68)59-27-9-17-35-69(59)75)45-53(41-49)76-70-36-18-10-28-60(70)61-29-11-19-37-71(61)76/h1-6,8-9,12-16,18-24,26-27,30-34,36-45H,7,10-11,17,25,28-29,35H2. The monoisotopic (exact) mass is 975 g/mol. The molecule has 0 spiro atoms. The van der Waals surface area contributed by atoms with Crippen LogP contribution in [0.4, 0.5) is 0 Å². The highest BCUT2D eigenvalue weighted by atomic mass is 15.0. The molecule has 5 heterocycles. The second kappa shape index (κ2) is 17.2. The molecule has 4 aliphatic carbocycles. The number of fused-ring (bicyclic) bond motifs is 12. The molecule has 0 fully saturated rings. The van der Waals surface area contributed by atoms with Gasteiger partial charge in [0.2, 0.25) is 0 Å². The van der Waals surface area contributed by atoms with Gasteiger partial charge in [0, 0.05) is 83.8 Å². The van der Waals surface area contributed by atoms with Crippen LogP contribution >= 0.6 is 0 Å². The summed E-state index contributed by atoms with van der Waals surface area (Å²) in [5.41, 5.74) is 26.5. The van der Waals surface area contributed by atoms with Gasteiger partial charge in [0.15, 0.2) is 0 Å². The van der Waals surface area contributed by atoms with E-state index in [2.05, 4.69) is 243 Å². The minimum atomic E-state index is 0.920. The number of pyridine rings is 1. The first-order valence-corrected chi connectivity index (χ1v) is 27.3. The van der Waals surface area contributed by atoms with Gasteiger partial charge in [0.25, 0.3) is 0 Å². The third kappa shape index (κ3) is 6.68. The predicted octanol–water partition coefficient (Wildman–Crippen LogP) is 17.7. The van der Waals surface area contributed by atoms with Crippen LogP contribution in [0, 0.1) is 0 Å². The number of aromatic nitrogens is 5. The van der Waals surface area contributed by atoms with Gasteiger partial charge in [-0.2, -0.15) is 0 Å². The first-order chi connectivity index (χ1) is 37.7. The maximum Gasteiger partial charge on any atom is 0.0717 e. The molecule has 0 aliphatic heterocycles. The molecule has 76 heavy (non-hydrogen) atoms. The van der Waals surface area contributed by atoms with E-state index in [0.29, 0.717) is 0 Å². The minimum absolute atomic E-state index is 0.920. The van der Waals surface area contributed by atoms with Crippen molar-refractivity contribution < 1.29 is 0 Å². The number of hydrogen-bond acceptors (Lipinski definition) is 1. The zero-order valence-corrected chi connectivity index (χ0v) is 42.3. The Hall–Kier alpha value is -9.19. The van der Waals surface area contributed by atoms with Crippen molar-refractivity contribution in [3.63, 3.8) is 0 Å². The summed E-state index contributed by atoms with van der Waals surface area (Å²) in [5.74, 6) is 0. The maximum atomic E-state index is 5.90. The number of para-hydroxylation sites is 4. The van der Waals surface area contributed by atoms with E-state index in [0.717, 1.165) is 108 Å². The highest BCUT2D eigenvalue weighted by Crippen LogP contribution is 2.43. The fraction of sp³-hybridized carbons (Fsp3) is 0.113. The maximum absolute atomic E-state index is 5.90. The van der Waals surface area contributed by atoms with Crippen LogP contribution < -0.4 is 0 Å². The van der Waals surface area contributed by atoms with Gasteiger partial charge in [0.05, 0.1) is 33.5 Å². The Kier molecular flexibility index (Phi) is 9.78. The van der Waals surface area contributed by atoms with E-state index >= 15 is 0 Å². The van der Waals surface area contributed by atoms with Gasteiger partial charge in [-0.1, -0.05) is 134 Å². The van der Waals surface area contributed by atoms with Gasteiger partial charge >= 0.3 is 0 Å². The number of benzene rings is 7. The molecule has 0 saturated carbocycles. The van der Waals surface area contributed by atoms with Crippen LogP contribution in [0.1, 0.15) is 70.7 Å². The predicted molar refractivity (Wildman–Crippen MR) is 317 cm³/mol. The third-order valence-corrected chi connectivity index (χ3v) is 16.8. The first-order valence-electron chi connectivity index (χ1n) is 27.3. The van der Waals surface area contributed by atoms with Gasteiger partial charge in [-0.05, 0) is 170 Å². The lowest BCUT2D eigenvalue weighted by atomic mass is 9.94. The van der Waals surface area contributed by atoms with E-state index in [-0.39, 0.29) is 0 Å². The molecule has 0 bridgehead atoms. The van der Waals surface area contributed by atoms with Crippen LogP contribution in [-0.2, 0) is 25.7 Å². The smallest absolute Gasteiger partial charge is 0.0717 e. The summed E-state index contributed by atoms with van der Waals surface area (Å²) in [5, 5.41) is 5.09. The number of hydrogen-bond donors (Lipinski definition) is 0. The highest BCUT2D eigenvalue weighted by Gasteiger charge is 2.27. The van der Waals surface area contributed by atoms with Gasteiger partial charge in [-0.3, -0.25) is 0 Å². The van der Waals surface area contributed by atoms with Crippen molar-refractivity contribution in [1.82, 2.24) is 23.3 Å². The van der Waals surface area contributed by atoms with Crippen LogP contribution in [0.25, 0.3) is 124 Å². The van der Waals surface area contributed by atoms with E-state index < -0.39 is 0 Å². The molecule has 0 atom stereocenters. The molecule has 12 aromatic rings. The summed E-state index contributed by atoms with van der Waals surface area (Å²) < 4.78 is 10.1. The molecule has 0 saturated heterocycles. The molecule has 4 aliphatic rings. The summed E-state index contributed by atoms with van der Waals surface area (Å²) in [6.07, 6.45) is 27.2. The van der Waals surface area contributed by atoms with Crippen molar-refractivity contribution in [2.45, 2.75) is 51.4 Å². The Bertz CT molecular complexity index is 4420. The van der Waals surface area contributed by atoms with Crippen LogP contribution in [0.2, 0.25) is 0 Å². The fourth-order valence-corrected chi connectivity index (χ4v) is 13.5. The lowest BCUT2D eigenvalue weighted by Gasteiger charge is -2.20. The van der Waals surface area contributed by atoms with E-state index in [1.54, 1.807) is 0 Å². The normalized spacial score (nSPS) is 14.5. The lowest BCUT2D eigenvalue weighted by molar-refractivity contribution is 0.886. The van der Waals surface area contributed by atoms with Crippen molar-refractivity contribution >= 4 is 67.9 Å². The Morgan fingerprint density at radius 2 is 0.737 bits per heavy atom. The molecular formula is C71H53N5. The van der Waals surface area contributed by atoms with Crippen LogP contribution in [0.15, 0.2) is 200 Å². The lowest BCUT2D eigenvalue weighted by Crippen LogP contribution is -2.07. The SMILES string of the molecule is C1=Cc2c(c3c(n2-c2cc(-c4cc(-c5ccccc5)cc(-c5cc(-n6c7c(c8ccccc86)CCC=C7)cc(-n6c7ccccc7c7ccccc76)c5)n4)cc(-n4c5c(c6ccccc64)C=CCC5)c2)C=CCC3)CC1. The topological polar surface area (TPSA) is 32.6 Å². The number of rotatable bonds is 7. The van der Waals surface area contributed by atoms with E-state index in [1.165, 1.54) is 88.6 Å². The second-order valence-electron chi connectivity index (χ2n) is 21.1. The summed E-state index contributed by atoms with van der Waals surface area (Å²) in [6, 6.07) is 65.6. The number of nitrogens with zero attached hydrogens (tertiary/aromatic N) is 5. The number of allylic oxidation sites excluding steroid dienone is 4. The van der Waals surface area contributed by atoms with E-state index in [1.807, 2.05) is 0 Å². The molecule has 0 unspecified atom stereocenters. The van der Waals surface area contributed by atoms with Gasteiger partial charge < -0.3 is 18.3 Å². The van der Waals surface area contributed by atoms with Crippen LogP contribution in [0.3, 0.4) is 0 Å². The van der Waals surface area contributed by atoms with Crippen LogP contribution in [0.5, 0.6) is 0 Å². The molecule has 5 nitrogen and oxygen atoms in total. The summed E-state index contributed by atoms with van der Waals surface area (Å²) in [7, 11) is 0. The Labute approximate surface area is 442 Å². The summed E-state index contributed by atoms with van der Waals surface area (Å²) >= 11 is 0. The summed E-state index contributed by atoms with van der Waals surface area (Å²) in [6.45, 7) is 0. The largest absolute Gasteiger partial charge is 0.313 e. The van der Waals surface area contributed by atoms with Gasteiger partial charge in [0.1, 0.15) is 0 Å². The average molecular weight is 976 g/mol. The molecule has 7 aromatic carbocycles. The molecule has 362 valence electrons. The molecule has 5 aromatic heterocycles. The molecule has 0 radical (unpaired) electrons. The summed E-state index contributed by atoms with van der Waals surface area (Å²) in [4.78, 5) is 5.90.